The minimum absolute atomic E-state index is 0.0673. The highest BCUT2D eigenvalue weighted by molar-refractivity contribution is 5.90. The highest BCUT2D eigenvalue weighted by atomic mass is 19.1. The first kappa shape index (κ1) is 14.8. The average Bonchev–Trinajstić information content (AvgIpc) is 2.35. The maximum Gasteiger partial charge on any atom is 0.245 e. The number of anilines is 1. The second-order valence-corrected chi connectivity index (χ2v) is 5.80. The Kier molecular flexibility index (Phi) is 3.73. The topological polar surface area (TPSA) is 52.6 Å². The van der Waals surface area contributed by atoms with Gasteiger partial charge in [-0.2, -0.15) is 0 Å². The molecular formula is C15H21FN2O2. The molecule has 2 N–H and O–H groups in total. The Morgan fingerprint density at radius 1 is 1.45 bits per heavy atom. The van der Waals surface area contributed by atoms with Crippen LogP contribution in [0.5, 0.6) is 0 Å². The molecule has 0 spiro atoms. The third-order valence-corrected chi connectivity index (χ3v) is 3.90. The van der Waals surface area contributed by atoms with E-state index in [4.69, 9.17) is 0 Å². The minimum atomic E-state index is -0.791. The molecule has 0 saturated carbocycles. The smallest absolute Gasteiger partial charge is 0.245 e. The van der Waals surface area contributed by atoms with Crippen LogP contribution in [0.15, 0.2) is 12.1 Å². The van der Waals surface area contributed by atoms with Crippen LogP contribution in [0.1, 0.15) is 38.0 Å². The van der Waals surface area contributed by atoms with Gasteiger partial charge in [-0.05, 0) is 45.4 Å². The Balaban J connectivity index is 2.56. The van der Waals surface area contributed by atoms with Crippen LogP contribution in [0.3, 0.4) is 0 Å². The Labute approximate surface area is 118 Å². The first-order chi connectivity index (χ1) is 9.25. The standard InChI is InChI=1S/C15H21FN2O2/c1-9-7-13(11(10(2)19)8-12(9)16)18-6-5-17-14(20)15(18,3)4/h7-8,10,19H,5-6H2,1-4H3,(H,17,20)/t10-/m0/s1. The molecule has 4 nitrogen and oxygen atoms in total. The third kappa shape index (κ3) is 2.38. The second-order valence-electron chi connectivity index (χ2n) is 5.80. The van der Waals surface area contributed by atoms with Gasteiger partial charge in [0.15, 0.2) is 0 Å². The molecule has 1 heterocycles. The molecule has 20 heavy (non-hydrogen) atoms. The summed E-state index contributed by atoms with van der Waals surface area (Å²) in [5, 5.41) is 12.7. The van der Waals surface area contributed by atoms with Crippen LogP contribution >= 0.6 is 0 Å². The number of amides is 1. The van der Waals surface area contributed by atoms with Gasteiger partial charge in [0.2, 0.25) is 5.91 Å². The van der Waals surface area contributed by atoms with E-state index in [0.29, 0.717) is 24.2 Å². The van der Waals surface area contributed by atoms with Gasteiger partial charge in [0.1, 0.15) is 11.4 Å². The summed E-state index contributed by atoms with van der Waals surface area (Å²) in [6, 6.07) is 3.07. The van der Waals surface area contributed by atoms with Crippen LogP contribution < -0.4 is 10.2 Å². The van der Waals surface area contributed by atoms with Crippen molar-refractivity contribution in [2.45, 2.75) is 39.3 Å². The van der Waals surface area contributed by atoms with Gasteiger partial charge in [-0.1, -0.05) is 0 Å². The van der Waals surface area contributed by atoms with Crippen molar-refractivity contribution in [1.29, 1.82) is 0 Å². The molecule has 1 atom stereocenters. The van der Waals surface area contributed by atoms with Crippen LogP contribution in [-0.4, -0.2) is 29.6 Å². The third-order valence-electron chi connectivity index (χ3n) is 3.90. The van der Waals surface area contributed by atoms with Crippen molar-refractivity contribution in [3.05, 3.63) is 29.1 Å². The van der Waals surface area contributed by atoms with Gasteiger partial charge in [-0.25, -0.2) is 4.39 Å². The first-order valence-electron chi connectivity index (χ1n) is 6.79. The zero-order chi connectivity index (χ0) is 15.1. The summed E-state index contributed by atoms with van der Waals surface area (Å²) in [4.78, 5) is 14.0. The van der Waals surface area contributed by atoms with Crippen molar-refractivity contribution in [2.24, 2.45) is 0 Å². The van der Waals surface area contributed by atoms with E-state index >= 15 is 0 Å². The lowest BCUT2D eigenvalue weighted by Crippen LogP contribution is -2.62. The SMILES string of the molecule is Cc1cc(N2CCNC(=O)C2(C)C)c([C@H](C)O)cc1F. The van der Waals surface area contributed by atoms with E-state index in [2.05, 4.69) is 5.32 Å². The molecule has 1 saturated heterocycles. The number of piperazine rings is 1. The maximum atomic E-state index is 13.7. The van der Waals surface area contributed by atoms with Gasteiger partial charge < -0.3 is 15.3 Å². The molecule has 0 unspecified atom stereocenters. The highest BCUT2D eigenvalue weighted by Gasteiger charge is 2.39. The van der Waals surface area contributed by atoms with E-state index in [1.807, 2.05) is 18.7 Å². The molecule has 5 heteroatoms. The predicted octanol–water partition coefficient (Wildman–Crippen LogP) is 1.90. The molecule has 1 amide bonds. The Bertz CT molecular complexity index is 541. The number of aliphatic hydroxyl groups excluding tert-OH is 1. The summed E-state index contributed by atoms with van der Waals surface area (Å²) in [6.07, 6.45) is -0.791. The largest absolute Gasteiger partial charge is 0.389 e. The molecular weight excluding hydrogens is 259 g/mol. The number of rotatable bonds is 2. The van der Waals surface area contributed by atoms with Gasteiger partial charge in [0, 0.05) is 24.3 Å². The van der Waals surface area contributed by atoms with Gasteiger partial charge in [-0.15, -0.1) is 0 Å². The molecule has 110 valence electrons. The molecule has 0 aliphatic carbocycles. The van der Waals surface area contributed by atoms with Gasteiger partial charge in [-0.3, -0.25) is 4.79 Å². The summed E-state index contributed by atoms with van der Waals surface area (Å²) in [6.45, 7) is 8.10. The van der Waals surface area contributed by atoms with E-state index in [9.17, 15) is 14.3 Å². The van der Waals surface area contributed by atoms with Gasteiger partial charge in [0.25, 0.3) is 0 Å². The number of benzene rings is 1. The second kappa shape index (κ2) is 5.05. The average molecular weight is 280 g/mol. The highest BCUT2D eigenvalue weighted by Crippen LogP contribution is 2.34. The summed E-state index contributed by atoms with van der Waals surface area (Å²) >= 11 is 0. The number of nitrogens with zero attached hydrogens (tertiary/aromatic N) is 1. The van der Waals surface area contributed by atoms with Crippen molar-refractivity contribution in [3.63, 3.8) is 0 Å². The van der Waals surface area contributed by atoms with Crippen LogP contribution in [0.25, 0.3) is 0 Å². The summed E-state index contributed by atoms with van der Waals surface area (Å²) in [7, 11) is 0. The molecule has 0 aromatic heterocycles. The molecule has 0 radical (unpaired) electrons. The molecule has 1 fully saturated rings. The molecule has 1 aliphatic rings. The monoisotopic (exact) mass is 280 g/mol. The number of nitrogens with one attached hydrogen (secondary N) is 1. The normalized spacial score (nSPS) is 19.7. The molecule has 1 aromatic carbocycles. The summed E-state index contributed by atoms with van der Waals surface area (Å²) in [5.41, 5.74) is 1.01. The minimum Gasteiger partial charge on any atom is -0.389 e. The summed E-state index contributed by atoms with van der Waals surface area (Å²) < 4.78 is 13.7. The maximum absolute atomic E-state index is 13.7. The van der Waals surface area contributed by atoms with Gasteiger partial charge >= 0.3 is 0 Å². The fourth-order valence-electron chi connectivity index (χ4n) is 2.57. The Morgan fingerprint density at radius 3 is 2.70 bits per heavy atom. The molecule has 1 aromatic rings. The number of aliphatic hydroxyl groups is 1. The predicted molar refractivity (Wildman–Crippen MR) is 76.2 cm³/mol. The van der Waals surface area contributed by atoms with Crippen molar-refractivity contribution < 1.29 is 14.3 Å². The van der Waals surface area contributed by atoms with Crippen molar-refractivity contribution in [1.82, 2.24) is 5.32 Å². The molecule has 2 rings (SSSR count). The lowest BCUT2D eigenvalue weighted by Gasteiger charge is -2.44. The number of hydrogen-bond donors (Lipinski definition) is 2. The fraction of sp³-hybridized carbons (Fsp3) is 0.533. The number of carbonyl (C=O) groups excluding carboxylic acids is 1. The number of aryl methyl sites for hydroxylation is 1. The van der Waals surface area contributed by atoms with Crippen molar-refractivity contribution in [3.8, 4) is 0 Å². The Hall–Kier alpha value is -1.62. The number of hydrogen-bond acceptors (Lipinski definition) is 3. The van der Waals surface area contributed by atoms with Crippen LogP contribution in [0, 0.1) is 12.7 Å². The van der Waals surface area contributed by atoms with E-state index in [0.717, 1.165) is 5.69 Å². The zero-order valence-corrected chi connectivity index (χ0v) is 12.3. The lowest BCUT2D eigenvalue weighted by atomic mass is 9.94. The Morgan fingerprint density at radius 2 is 2.10 bits per heavy atom. The fourth-order valence-corrected chi connectivity index (χ4v) is 2.57. The molecule has 0 bridgehead atoms. The van der Waals surface area contributed by atoms with E-state index in [-0.39, 0.29) is 11.7 Å². The number of carbonyl (C=O) groups is 1. The van der Waals surface area contributed by atoms with E-state index < -0.39 is 11.6 Å². The van der Waals surface area contributed by atoms with Crippen LogP contribution in [-0.2, 0) is 4.79 Å². The zero-order valence-electron chi connectivity index (χ0n) is 12.3. The molecule has 1 aliphatic heterocycles. The number of halogens is 1. The van der Waals surface area contributed by atoms with Crippen LogP contribution in [0.4, 0.5) is 10.1 Å². The van der Waals surface area contributed by atoms with E-state index in [1.165, 1.54) is 6.07 Å². The van der Waals surface area contributed by atoms with Crippen molar-refractivity contribution >= 4 is 11.6 Å². The first-order valence-corrected chi connectivity index (χ1v) is 6.79. The van der Waals surface area contributed by atoms with Gasteiger partial charge in [0.05, 0.1) is 6.10 Å². The van der Waals surface area contributed by atoms with E-state index in [1.54, 1.807) is 19.9 Å². The summed E-state index contributed by atoms with van der Waals surface area (Å²) in [5.74, 6) is -0.411. The lowest BCUT2D eigenvalue weighted by molar-refractivity contribution is -0.126. The van der Waals surface area contributed by atoms with Crippen LogP contribution in [0.2, 0.25) is 0 Å². The van der Waals surface area contributed by atoms with Crippen molar-refractivity contribution in [2.75, 3.05) is 18.0 Å². The quantitative estimate of drug-likeness (QED) is 0.870.